The lowest BCUT2D eigenvalue weighted by atomic mass is 10.2. The smallest absolute Gasteiger partial charge is 0.254 e. The van der Waals surface area contributed by atoms with Gasteiger partial charge in [0.2, 0.25) is 0 Å². The van der Waals surface area contributed by atoms with Crippen molar-refractivity contribution in [2.24, 2.45) is 0 Å². The number of anilines is 2. The van der Waals surface area contributed by atoms with Gasteiger partial charge in [-0.1, -0.05) is 0 Å². The molecule has 1 aliphatic heterocycles. The normalized spacial score (nSPS) is 15.6. The first-order valence-corrected chi connectivity index (χ1v) is 8.60. The summed E-state index contributed by atoms with van der Waals surface area (Å²) < 4.78 is 1.85. The van der Waals surface area contributed by atoms with Crippen LogP contribution in [0, 0.1) is 20.8 Å². The van der Waals surface area contributed by atoms with Gasteiger partial charge in [0.25, 0.3) is 5.78 Å². The Labute approximate surface area is 146 Å². The van der Waals surface area contributed by atoms with Gasteiger partial charge in [-0.25, -0.2) is 4.98 Å². The van der Waals surface area contributed by atoms with Crippen LogP contribution in [0.4, 0.5) is 11.6 Å². The van der Waals surface area contributed by atoms with Crippen LogP contribution in [0.5, 0.6) is 0 Å². The van der Waals surface area contributed by atoms with Gasteiger partial charge in [-0.3, -0.25) is 0 Å². The Balaban J connectivity index is 1.62. The summed E-state index contributed by atoms with van der Waals surface area (Å²) in [6.07, 6.45) is 2.61. The summed E-state index contributed by atoms with van der Waals surface area (Å²) in [6.45, 7) is 9.82. The molecule has 0 spiro atoms. The molecule has 0 aromatic carbocycles. The van der Waals surface area contributed by atoms with Gasteiger partial charge < -0.3 is 9.80 Å². The second kappa shape index (κ2) is 6.27. The van der Waals surface area contributed by atoms with Gasteiger partial charge in [0, 0.05) is 37.4 Å². The maximum Gasteiger partial charge on any atom is 0.254 e. The van der Waals surface area contributed by atoms with Crippen molar-refractivity contribution >= 4 is 17.4 Å². The molecule has 0 saturated carbocycles. The van der Waals surface area contributed by atoms with Crippen LogP contribution in [0.25, 0.3) is 5.78 Å². The quantitative estimate of drug-likeness (QED) is 0.702. The second-order valence-electron chi connectivity index (χ2n) is 6.48. The van der Waals surface area contributed by atoms with E-state index in [1.807, 2.05) is 24.4 Å². The average molecular weight is 338 g/mol. The van der Waals surface area contributed by atoms with E-state index in [1.165, 1.54) is 0 Å². The molecular weight excluding hydrogens is 316 g/mol. The predicted octanol–water partition coefficient (Wildman–Crippen LogP) is 1.56. The Morgan fingerprint density at radius 3 is 2.52 bits per heavy atom. The number of hydrogen-bond donors (Lipinski definition) is 0. The van der Waals surface area contributed by atoms with Crippen LogP contribution in [-0.2, 0) is 0 Å². The zero-order chi connectivity index (χ0) is 17.4. The summed E-state index contributed by atoms with van der Waals surface area (Å²) in [4.78, 5) is 13.5. The molecule has 0 amide bonds. The zero-order valence-electron chi connectivity index (χ0n) is 14.8. The molecule has 4 rings (SSSR count). The highest BCUT2D eigenvalue weighted by atomic mass is 15.4. The Morgan fingerprint density at radius 1 is 0.920 bits per heavy atom. The van der Waals surface area contributed by atoms with Crippen LogP contribution < -0.4 is 9.80 Å². The molecular formula is C17H22N8. The molecule has 0 aliphatic carbocycles. The van der Waals surface area contributed by atoms with Gasteiger partial charge in [-0.15, -0.1) is 5.10 Å². The molecule has 1 aliphatic rings. The third-order valence-electron chi connectivity index (χ3n) is 4.78. The molecule has 0 atom stereocenters. The molecule has 0 N–H and O–H groups in total. The van der Waals surface area contributed by atoms with Gasteiger partial charge in [0.05, 0.1) is 5.69 Å². The first kappa shape index (κ1) is 15.7. The summed E-state index contributed by atoms with van der Waals surface area (Å²) >= 11 is 0. The Bertz CT molecular complexity index is 886. The topological polar surface area (TPSA) is 75.3 Å². The SMILES string of the molecule is Cc1ccc(N2CCCN(c3c(C)c(C)nc4ncnn34)CC2)nn1. The highest BCUT2D eigenvalue weighted by Crippen LogP contribution is 2.24. The molecule has 0 unspecified atom stereocenters. The van der Waals surface area contributed by atoms with Crippen molar-refractivity contribution < 1.29 is 0 Å². The average Bonchev–Trinajstić information content (AvgIpc) is 2.92. The third kappa shape index (κ3) is 2.88. The second-order valence-corrected chi connectivity index (χ2v) is 6.48. The van der Waals surface area contributed by atoms with E-state index in [9.17, 15) is 0 Å². The van der Waals surface area contributed by atoms with E-state index in [4.69, 9.17) is 0 Å². The summed E-state index contributed by atoms with van der Waals surface area (Å²) in [7, 11) is 0. The Morgan fingerprint density at radius 2 is 1.72 bits per heavy atom. The summed E-state index contributed by atoms with van der Waals surface area (Å²) in [5.74, 6) is 2.70. The molecule has 3 aromatic rings. The number of aromatic nitrogens is 6. The van der Waals surface area contributed by atoms with Crippen molar-refractivity contribution in [1.82, 2.24) is 29.8 Å². The lowest BCUT2D eigenvalue weighted by Gasteiger charge is -2.26. The van der Waals surface area contributed by atoms with Crippen LogP contribution in [0.15, 0.2) is 18.5 Å². The fraction of sp³-hybridized carbons (Fsp3) is 0.471. The maximum atomic E-state index is 4.52. The van der Waals surface area contributed by atoms with Crippen LogP contribution in [0.2, 0.25) is 0 Å². The van der Waals surface area contributed by atoms with Crippen LogP contribution >= 0.6 is 0 Å². The van der Waals surface area contributed by atoms with Gasteiger partial charge in [0.15, 0.2) is 5.82 Å². The Hall–Kier alpha value is -2.77. The molecule has 3 aromatic heterocycles. The van der Waals surface area contributed by atoms with Crippen LogP contribution in [0.1, 0.15) is 23.4 Å². The highest BCUT2D eigenvalue weighted by Gasteiger charge is 2.21. The van der Waals surface area contributed by atoms with E-state index >= 15 is 0 Å². The standard InChI is InChI=1S/C17H22N8/c1-12-5-6-15(22-21-12)23-7-4-8-24(10-9-23)16-13(2)14(3)20-17-18-11-19-25(16)17/h5-6,11H,4,7-10H2,1-3H3. The number of rotatable bonds is 2. The van der Waals surface area contributed by atoms with E-state index in [2.05, 4.69) is 48.1 Å². The van der Waals surface area contributed by atoms with E-state index in [0.717, 1.165) is 61.2 Å². The molecule has 1 saturated heterocycles. The first-order chi connectivity index (χ1) is 12.1. The van der Waals surface area contributed by atoms with Gasteiger partial charge in [0.1, 0.15) is 12.1 Å². The van der Waals surface area contributed by atoms with E-state index in [0.29, 0.717) is 5.78 Å². The number of hydrogen-bond acceptors (Lipinski definition) is 7. The van der Waals surface area contributed by atoms with E-state index in [1.54, 1.807) is 6.33 Å². The molecule has 4 heterocycles. The molecule has 130 valence electrons. The van der Waals surface area contributed by atoms with Crippen molar-refractivity contribution in [2.45, 2.75) is 27.2 Å². The van der Waals surface area contributed by atoms with Gasteiger partial charge in [-0.2, -0.15) is 19.7 Å². The first-order valence-electron chi connectivity index (χ1n) is 8.60. The van der Waals surface area contributed by atoms with Crippen LogP contribution in [-0.4, -0.2) is 56.0 Å². The van der Waals surface area contributed by atoms with Crippen LogP contribution in [0.3, 0.4) is 0 Å². The molecule has 8 nitrogen and oxygen atoms in total. The highest BCUT2D eigenvalue weighted by molar-refractivity contribution is 5.54. The summed E-state index contributed by atoms with van der Waals surface area (Å²) in [6, 6.07) is 4.07. The predicted molar refractivity (Wildman–Crippen MR) is 96.1 cm³/mol. The summed E-state index contributed by atoms with van der Waals surface area (Å²) in [5.41, 5.74) is 3.10. The number of aryl methyl sites for hydroxylation is 2. The largest absolute Gasteiger partial charge is 0.354 e. The number of fused-ring (bicyclic) bond motifs is 1. The maximum absolute atomic E-state index is 4.52. The van der Waals surface area contributed by atoms with Crippen molar-refractivity contribution in [3.8, 4) is 0 Å². The van der Waals surface area contributed by atoms with Gasteiger partial charge in [-0.05, 0) is 39.3 Å². The molecule has 0 radical (unpaired) electrons. The van der Waals surface area contributed by atoms with Gasteiger partial charge >= 0.3 is 0 Å². The minimum atomic E-state index is 0.656. The molecule has 8 heteroatoms. The van der Waals surface area contributed by atoms with Crippen molar-refractivity contribution in [3.63, 3.8) is 0 Å². The third-order valence-corrected chi connectivity index (χ3v) is 4.78. The lowest BCUT2D eigenvalue weighted by Crippen LogP contribution is -2.33. The number of nitrogens with zero attached hydrogens (tertiary/aromatic N) is 8. The molecule has 0 bridgehead atoms. The van der Waals surface area contributed by atoms with Crippen molar-refractivity contribution in [3.05, 3.63) is 35.4 Å². The molecule has 25 heavy (non-hydrogen) atoms. The zero-order valence-corrected chi connectivity index (χ0v) is 14.8. The van der Waals surface area contributed by atoms with E-state index < -0.39 is 0 Å². The monoisotopic (exact) mass is 338 g/mol. The minimum absolute atomic E-state index is 0.656. The fourth-order valence-corrected chi connectivity index (χ4v) is 3.31. The van der Waals surface area contributed by atoms with E-state index in [-0.39, 0.29) is 0 Å². The molecule has 1 fully saturated rings. The fourth-order valence-electron chi connectivity index (χ4n) is 3.31. The van der Waals surface area contributed by atoms with Crippen molar-refractivity contribution in [1.29, 1.82) is 0 Å². The Kier molecular flexibility index (Phi) is 3.95. The lowest BCUT2D eigenvalue weighted by molar-refractivity contribution is 0.761. The summed E-state index contributed by atoms with van der Waals surface area (Å²) in [5, 5.41) is 12.9. The van der Waals surface area contributed by atoms with Crippen molar-refractivity contribution in [2.75, 3.05) is 36.0 Å². The minimum Gasteiger partial charge on any atom is -0.354 e.